The van der Waals surface area contributed by atoms with Crippen LogP contribution in [0.5, 0.6) is 5.75 Å². The zero-order valence-corrected chi connectivity index (χ0v) is 13.3. The SMILES string of the molecule is CCCCCCC(C)OC(=O)C=Cc1ccc(OC)cc1. The number of unbranched alkanes of at least 4 members (excludes halogenated alkanes) is 3. The second-order valence-corrected chi connectivity index (χ2v) is 5.20. The molecule has 0 heterocycles. The highest BCUT2D eigenvalue weighted by Crippen LogP contribution is 2.13. The molecule has 3 nitrogen and oxygen atoms in total. The van der Waals surface area contributed by atoms with Gasteiger partial charge in [-0.15, -0.1) is 0 Å². The molecule has 0 aromatic heterocycles. The summed E-state index contributed by atoms with van der Waals surface area (Å²) < 4.78 is 10.4. The van der Waals surface area contributed by atoms with Crippen molar-refractivity contribution in [2.75, 3.05) is 7.11 Å². The van der Waals surface area contributed by atoms with Crippen LogP contribution in [0.15, 0.2) is 30.3 Å². The predicted octanol–water partition coefficient (Wildman–Crippen LogP) is 4.61. The summed E-state index contributed by atoms with van der Waals surface area (Å²) in [5.74, 6) is 0.518. The van der Waals surface area contributed by atoms with E-state index in [9.17, 15) is 4.79 Å². The highest BCUT2D eigenvalue weighted by molar-refractivity contribution is 5.87. The summed E-state index contributed by atoms with van der Waals surface area (Å²) in [7, 11) is 1.63. The lowest BCUT2D eigenvalue weighted by Gasteiger charge is -2.11. The van der Waals surface area contributed by atoms with Crippen LogP contribution in [0.1, 0.15) is 51.5 Å². The summed E-state index contributed by atoms with van der Waals surface area (Å²) >= 11 is 0. The molecule has 0 radical (unpaired) electrons. The molecule has 0 amide bonds. The molecule has 1 aromatic rings. The van der Waals surface area contributed by atoms with Crippen molar-refractivity contribution in [2.45, 2.75) is 52.1 Å². The van der Waals surface area contributed by atoms with Crippen molar-refractivity contribution < 1.29 is 14.3 Å². The fourth-order valence-electron chi connectivity index (χ4n) is 2.03. The van der Waals surface area contributed by atoms with Crippen LogP contribution in [0, 0.1) is 0 Å². The lowest BCUT2D eigenvalue weighted by molar-refractivity contribution is -0.142. The summed E-state index contributed by atoms with van der Waals surface area (Å²) in [4.78, 5) is 11.7. The normalized spacial score (nSPS) is 12.3. The first-order valence-corrected chi connectivity index (χ1v) is 7.68. The first-order valence-electron chi connectivity index (χ1n) is 7.68. The van der Waals surface area contributed by atoms with Gasteiger partial charge in [0.1, 0.15) is 5.75 Å². The summed E-state index contributed by atoms with van der Waals surface area (Å²) in [6.07, 6.45) is 8.94. The monoisotopic (exact) mass is 290 g/mol. The van der Waals surface area contributed by atoms with Gasteiger partial charge in [-0.3, -0.25) is 0 Å². The van der Waals surface area contributed by atoms with E-state index in [0.29, 0.717) is 0 Å². The molecule has 0 saturated carbocycles. The van der Waals surface area contributed by atoms with E-state index in [1.165, 1.54) is 25.3 Å². The van der Waals surface area contributed by atoms with E-state index in [0.717, 1.165) is 24.2 Å². The van der Waals surface area contributed by atoms with E-state index in [1.807, 2.05) is 31.2 Å². The van der Waals surface area contributed by atoms with Gasteiger partial charge in [-0.2, -0.15) is 0 Å². The third-order valence-electron chi connectivity index (χ3n) is 3.31. The van der Waals surface area contributed by atoms with Gasteiger partial charge < -0.3 is 9.47 Å². The maximum Gasteiger partial charge on any atom is 0.331 e. The van der Waals surface area contributed by atoms with Crippen molar-refractivity contribution in [3.63, 3.8) is 0 Å². The van der Waals surface area contributed by atoms with Crippen LogP contribution in [-0.4, -0.2) is 19.2 Å². The van der Waals surface area contributed by atoms with Gasteiger partial charge in [0.05, 0.1) is 13.2 Å². The highest BCUT2D eigenvalue weighted by atomic mass is 16.5. The van der Waals surface area contributed by atoms with Gasteiger partial charge in [-0.1, -0.05) is 38.3 Å². The Morgan fingerprint density at radius 3 is 2.52 bits per heavy atom. The fourth-order valence-corrected chi connectivity index (χ4v) is 2.03. The van der Waals surface area contributed by atoms with Crippen molar-refractivity contribution in [1.29, 1.82) is 0 Å². The molecule has 1 aromatic carbocycles. The summed E-state index contributed by atoms with van der Waals surface area (Å²) in [5, 5.41) is 0. The van der Waals surface area contributed by atoms with Crippen molar-refractivity contribution in [1.82, 2.24) is 0 Å². The Balaban J connectivity index is 2.32. The minimum absolute atomic E-state index is 0.0186. The van der Waals surface area contributed by atoms with Gasteiger partial charge in [0.15, 0.2) is 0 Å². The van der Waals surface area contributed by atoms with Crippen molar-refractivity contribution >= 4 is 12.0 Å². The van der Waals surface area contributed by atoms with E-state index in [1.54, 1.807) is 13.2 Å². The molecule has 1 unspecified atom stereocenters. The number of rotatable bonds is 9. The molecule has 1 rings (SSSR count). The Labute approximate surface area is 128 Å². The van der Waals surface area contributed by atoms with Crippen LogP contribution in [-0.2, 0) is 9.53 Å². The minimum atomic E-state index is -0.284. The first kappa shape index (κ1) is 17.3. The summed E-state index contributed by atoms with van der Waals surface area (Å²) in [5.41, 5.74) is 0.948. The van der Waals surface area contributed by atoms with Crippen LogP contribution in [0.4, 0.5) is 0 Å². The number of hydrogen-bond acceptors (Lipinski definition) is 3. The van der Waals surface area contributed by atoms with E-state index in [2.05, 4.69) is 6.92 Å². The lowest BCUT2D eigenvalue weighted by atomic mass is 10.1. The Kier molecular flexibility index (Phi) is 8.25. The van der Waals surface area contributed by atoms with Gasteiger partial charge in [0.2, 0.25) is 0 Å². The second kappa shape index (κ2) is 10.0. The van der Waals surface area contributed by atoms with E-state index >= 15 is 0 Å². The number of ether oxygens (including phenoxy) is 2. The minimum Gasteiger partial charge on any atom is -0.497 e. The maximum atomic E-state index is 11.7. The van der Waals surface area contributed by atoms with Crippen molar-refractivity contribution in [3.8, 4) is 5.75 Å². The number of hydrogen-bond donors (Lipinski definition) is 0. The third-order valence-corrected chi connectivity index (χ3v) is 3.31. The Morgan fingerprint density at radius 1 is 1.19 bits per heavy atom. The van der Waals surface area contributed by atoms with Gasteiger partial charge >= 0.3 is 5.97 Å². The molecule has 0 aliphatic carbocycles. The molecule has 0 saturated heterocycles. The van der Waals surface area contributed by atoms with Gasteiger partial charge in [-0.05, 0) is 43.5 Å². The highest BCUT2D eigenvalue weighted by Gasteiger charge is 2.06. The summed E-state index contributed by atoms with van der Waals surface area (Å²) in [6.45, 7) is 4.14. The standard InChI is InChI=1S/C18H26O3/c1-4-5-6-7-8-15(2)21-18(19)14-11-16-9-12-17(20-3)13-10-16/h9-15H,4-8H2,1-3H3. The average Bonchev–Trinajstić information content (AvgIpc) is 2.50. The number of methoxy groups -OCH3 is 1. The fraction of sp³-hybridized carbons (Fsp3) is 0.500. The molecule has 21 heavy (non-hydrogen) atoms. The van der Waals surface area contributed by atoms with Crippen LogP contribution < -0.4 is 4.74 Å². The molecule has 0 N–H and O–H groups in total. The molecule has 3 heteroatoms. The molecular weight excluding hydrogens is 264 g/mol. The smallest absolute Gasteiger partial charge is 0.331 e. The zero-order valence-electron chi connectivity index (χ0n) is 13.3. The first-order chi connectivity index (χ1) is 10.2. The van der Waals surface area contributed by atoms with E-state index in [4.69, 9.17) is 9.47 Å². The van der Waals surface area contributed by atoms with Crippen LogP contribution in [0.25, 0.3) is 6.08 Å². The Bertz CT molecular complexity index is 434. The topological polar surface area (TPSA) is 35.5 Å². The number of benzene rings is 1. The second-order valence-electron chi connectivity index (χ2n) is 5.20. The maximum absolute atomic E-state index is 11.7. The number of carbonyl (C=O) groups excluding carboxylic acids is 1. The quantitative estimate of drug-likeness (QED) is 0.378. The van der Waals surface area contributed by atoms with Crippen LogP contribution >= 0.6 is 0 Å². The van der Waals surface area contributed by atoms with Gasteiger partial charge in [0.25, 0.3) is 0 Å². The molecular formula is C18H26O3. The van der Waals surface area contributed by atoms with Crippen LogP contribution in [0.3, 0.4) is 0 Å². The van der Waals surface area contributed by atoms with Crippen molar-refractivity contribution in [2.24, 2.45) is 0 Å². The predicted molar refractivity (Wildman–Crippen MR) is 86.3 cm³/mol. The number of carbonyl (C=O) groups is 1. The Morgan fingerprint density at radius 2 is 1.90 bits per heavy atom. The van der Waals surface area contributed by atoms with E-state index < -0.39 is 0 Å². The third kappa shape index (κ3) is 7.54. The Hall–Kier alpha value is -1.77. The number of esters is 1. The molecule has 1 atom stereocenters. The molecule has 0 bridgehead atoms. The van der Waals surface area contributed by atoms with Crippen LogP contribution in [0.2, 0.25) is 0 Å². The molecule has 0 aliphatic heterocycles. The molecule has 0 aliphatic rings. The van der Waals surface area contributed by atoms with E-state index in [-0.39, 0.29) is 12.1 Å². The summed E-state index contributed by atoms with van der Waals surface area (Å²) in [6, 6.07) is 7.52. The zero-order chi connectivity index (χ0) is 15.5. The molecule has 0 spiro atoms. The average molecular weight is 290 g/mol. The lowest BCUT2D eigenvalue weighted by Crippen LogP contribution is -2.12. The van der Waals surface area contributed by atoms with Crippen molar-refractivity contribution in [3.05, 3.63) is 35.9 Å². The largest absolute Gasteiger partial charge is 0.497 e. The van der Waals surface area contributed by atoms with Gasteiger partial charge in [-0.25, -0.2) is 4.79 Å². The molecule has 116 valence electrons. The molecule has 0 fully saturated rings. The van der Waals surface area contributed by atoms with Gasteiger partial charge in [0, 0.05) is 6.08 Å².